The SMILES string of the molecule is c1ccc(-c2ccnc(NCCOc3cccc4cccnc34)n2)nc1. The number of ether oxygens (including phenoxy) is 1. The molecule has 128 valence electrons. The summed E-state index contributed by atoms with van der Waals surface area (Å²) in [5, 5.41) is 4.24. The molecular weight excluding hydrogens is 326 g/mol. The second-order valence-electron chi connectivity index (χ2n) is 5.59. The van der Waals surface area contributed by atoms with Crippen LogP contribution in [-0.4, -0.2) is 33.1 Å². The molecule has 0 atom stereocenters. The predicted molar refractivity (Wildman–Crippen MR) is 101 cm³/mol. The van der Waals surface area contributed by atoms with Crippen LogP contribution in [0.3, 0.4) is 0 Å². The van der Waals surface area contributed by atoms with Gasteiger partial charge in [0.15, 0.2) is 0 Å². The van der Waals surface area contributed by atoms with Crippen molar-refractivity contribution in [3.05, 3.63) is 73.2 Å². The van der Waals surface area contributed by atoms with Crippen molar-refractivity contribution in [1.82, 2.24) is 19.9 Å². The summed E-state index contributed by atoms with van der Waals surface area (Å²) >= 11 is 0. The van der Waals surface area contributed by atoms with E-state index in [1.807, 2.05) is 54.6 Å². The molecule has 0 amide bonds. The Morgan fingerprint density at radius 2 is 1.69 bits per heavy atom. The van der Waals surface area contributed by atoms with Gasteiger partial charge in [-0.05, 0) is 30.3 Å². The molecule has 0 aliphatic heterocycles. The van der Waals surface area contributed by atoms with E-state index < -0.39 is 0 Å². The van der Waals surface area contributed by atoms with Gasteiger partial charge in [-0.25, -0.2) is 9.97 Å². The lowest BCUT2D eigenvalue weighted by Crippen LogP contribution is -2.13. The van der Waals surface area contributed by atoms with E-state index in [-0.39, 0.29) is 0 Å². The Balaban J connectivity index is 1.38. The molecule has 4 aromatic rings. The van der Waals surface area contributed by atoms with Gasteiger partial charge in [-0.2, -0.15) is 0 Å². The molecule has 0 bridgehead atoms. The molecular formula is C20H17N5O. The number of nitrogens with zero attached hydrogens (tertiary/aromatic N) is 4. The molecule has 6 nitrogen and oxygen atoms in total. The molecule has 0 saturated heterocycles. The van der Waals surface area contributed by atoms with Crippen molar-refractivity contribution in [1.29, 1.82) is 0 Å². The number of hydrogen-bond acceptors (Lipinski definition) is 6. The molecule has 1 N–H and O–H groups in total. The minimum absolute atomic E-state index is 0.479. The maximum absolute atomic E-state index is 5.86. The Morgan fingerprint density at radius 3 is 2.62 bits per heavy atom. The van der Waals surface area contributed by atoms with Crippen LogP contribution in [0.2, 0.25) is 0 Å². The van der Waals surface area contributed by atoms with Gasteiger partial charge in [-0.1, -0.05) is 24.3 Å². The maximum Gasteiger partial charge on any atom is 0.223 e. The number of benzene rings is 1. The van der Waals surface area contributed by atoms with Crippen molar-refractivity contribution in [3.63, 3.8) is 0 Å². The molecule has 1 aromatic carbocycles. The smallest absolute Gasteiger partial charge is 0.223 e. The van der Waals surface area contributed by atoms with E-state index in [4.69, 9.17) is 4.74 Å². The first kappa shape index (κ1) is 16.0. The van der Waals surface area contributed by atoms with Crippen LogP contribution in [0.4, 0.5) is 5.95 Å². The Kier molecular flexibility index (Phi) is 4.64. The molecule has 6 heteroatoms. The fourth-order valence-electron chi connectivity index (χ4n) is 2.62. The summed E-state index contributed by atoms with van der Waals surface area (Å²) in [6.45, 7) is 1.06. The Hall–Kier alpha value is -3.54. The number of hydrogen-bond donors (Lipinski definition) is 1. The Bertz CT molecular complexity index is 1000. The van der Waals surface area contributed by atoms with Crippen LogP contribution in [0.25, 0.3) is 22.3 Å². The first-order valence-electron chi connectivity index (χ1n) is 8.35. The molecule has 0 aliphatic rings. The number of anilines is 1. The quantitative estimate of drug-likeness (QED) is 0.540. The first-order chi connectivity index (χ1) is 12.9. The van der Waals surface area contributed by atoms with E-state index in [0.29, 0.717) is 19.1 Å². The summed E-state index contributed by atoms with van der Waals surface area (Å²) in [7, 11) is 0. The van der Waals surface area contributed by atoms with E-state index in [9.17, 15) is 0 Å². The standard InChI is InChI=1S/C20H17N5O/c1-2-10-21-16(7-1)17-9-12-23-20(25-17)24-13-14-26-18-8-3-5-15-6-4-11-22-19(15)18/h1-12H,13-14H2,(H,23,24,25). The number of aromatic nitrogens is 4. The van der Waals surface area contributed by atoms with Gasteiger partial charge >= 0.3 is 0 Å². The van der Waals surface area contributed by atoms with Crippen molar-refractivity contribution in [2.24, 2.45) is 0 Å². The van der Waals surface area contributed by atoms with Gasteiger partial charge in [0, 0.05) is 24.0 Å². The van der Waals surface area contributed by atoms with Gasteiger partial charge in [0.1, 0.15) is 17.9 Å². The molecule has 3 aromatic heterocycles. The van der Waals surface area contributed by atoms with Crippen LogP contribution < -0.4 is 10.1 Å². The van der Waals surface area contributed by atoms with Crippen molar-refractivity contribution in [2.75, 3.05) is 18.5 Å². The van der Waals surface area contributed by atoms with E-state index in [1.165, 1.54) is 0 Å². The summed E-state index contributed by atoms with van der Waals surface area (Å²) in [6.07, 6.45) is 5.23. The van der Waals surface area contributed by atoms with Gasteiger partial charge in [0.2, 0.25) is 5.95 Å². The second-order valence-corrected chi connectivity index (χ2v) is 5.59. The zero-order valence-corrected chi connectivity index (χ0v) is 14.0. The van der Waals surface area contributed by atoms with Crippen LogP contribution in [0, 0.1) is 0 Å². The second kappa shape index (κ2) is 7.57. The van der Waals surface area contributed by atoms with E-state index in [0.717, 1.165) is 28.0 Å². The predicted octanol–water partition coefficient (Wildman–Crippen LogP) is 3.58. The summed E-state index contributed by atoms with van der Waals surface area (Å²) in [4.78, 5) is 17.4. The number of pyridine rings is 2. The Morgan fingerprint density at radius 1 is 0.769 bits per heavy atom. The number of nitrogens with one attached hydrogen (secondary N) is 1. The minimum atomic E-state index is 0.479. The number of rotatable bonds is 6. The lowest BCUT2D eigenvalue weighted by Gasteiger charge is -2.10. The zero-order valence-electron chi connectivity index (χ0n) is 14.0. The molecule has 3 heterocycles. The zero-order chi connectivity index (χ0) is 17.6. The van der Waals surface area contributed by atoms with Gasteiger partial charge < -0.3 is 10.1 Å². The highest BCUT2D eigenvalue weighted by atomic mass is 16.5. The molecule has 26 heavy (non-hydrogen) atoms. The van der Waals surface area contributed by atoms with Crippen LogP contribution in [0.5, 0.6) is 5.75 Å². The van der Waals surface area contributed by atoms with Gasteiger partial charge in [0.05, 0.1) is 17.9 Å². The summed E-state index contributed by atoms with van der Waals surface area (Å²) in [5.41, 5.74) is 2.46. The lowest BCUT2D eigenvalue weighted by atomic mass is 10.2. The van der Waals surface area contributed by atoms with Crippen LogP contribution in [0.15, 0.2) is 73.2 Å². The maximum atomic E-state index is 5.86. The summed E-state index contributed by atoms with van der Waals surface area (Å²) in [5.74, 6) is 1.32. The summed E-state index contributed by atoms with van der Waals surface area (Å²) < 4.78 is 5.86. The van der Waals surface area contributed by atoms with Gasteiger partial charge in [0.25, 0.3) is 0 Å². The third kappa shape index (κ3) is 3.59. The molecule has 0 fully saturated rings. The van der Waals surface area contributed by atoms with Gasteiger partial charge in [-0.3, -0.25) is 9.97 Å². The van der Waals surface area contributed by atoms with Crippen molar-refractivity contribution >= 4 is 16.9 Å². The number of fused-ring (bicyclic) bond motifs is 1. The minimum Gasteiger partial charge on any atom is -0.489 e. The van der Waals surface area contributed by atoms with Crippen LogP contribution in [0.1, 0.15) is 0 Å². The van der Waals surface area contributed by atoms with Gasteiger partial charge in [-0.15, -0.1) is 0 Å². The van der Waals surface area contributed by atoms with Crippen LogP contribution in [-0.2, 0) is 0 Å². The van der Waals surface area contributed by atoms with Crippen molar-refractivity contribution in [3.8, 4) is 17.1 Å². The highest BCUT2D eigenvalue weighted by Gasteiger charge is 2.04. The normalized spacial score (nSPS) is 10.6. The largest absolute Gasteiger partial charge is 0.489 e. The highest BCUT2D eigenvalue weighted by molar-refractivity contribution is 5.84. The van der Waals surface area contributed by atoms with E-state index in [1.54, 1.807) is 18.6 Å². The summed E-state index contributed by atoms with van der Waals surface area (Å²) in [6, 6.07) is 17.4. The van der Waals surface area contributed by atoms with Crippen molar-refractivity contribution in [2.45, 2.75) is 0 Å². The molecule has 4 rings (SSSR count). The number of para-hydroxylation sites is 1. The Labute approximate surface area is 150 Å². The average molecular weight is 343 g/mol. The molecule has 0 aliphatic carbocycles. The molecule has 0 unspecified atom stereocenters. The van der Waals surface area contributed by atoms with Crippen LogP contribution >= 0.6 is 0 Å². The fraction of sp³-hybridized carbons (Fsp3) is 0.100. The third-order valence-corrected chi connectivity index (χ3v) is 3.82. The third-order valence-electron chi connectivity index (χ3n) is 3.82. The fourth-order valence-corrected chi connectivity index (χ4v) is 2.62. The lowest BCUT2D eigenvalue weighted by molar-refractivity contribution is 0.336. The molecule has 0 saturated carbocycles. The van der Waals surface area contributed by atoms with Crippen molar-refractivity contribution < 1.29 is 4.74 Å². The topological polar surface area (TPSA) is 72.8 Å². The highest BCUT2D eigenvalue weighted by Crippen LogP contribution is 2.22. The molecule has 0 spiro atoms. The average Bonchev–Trinajstić information content (AvgIpc) is 2.72. The van der Waals surface area contributed by atoms with E-state index in [2.05, 4.69) is 25.3 Å². The van der Waals surface area contributed by atoms with E-state index >= 15 is 0 Å². The first-order valence-corrected chi connectivity index (χ1v) is 8.35. The molecule has 0 radical (unpaired) electrons. The monoisotopic (exact) mass is 343 g/mol.